The minimum absolute atomic E-state index is 0.00216. The first-order valence-corrected chi connectivity index (χ1v) is 8.60. The summed E-state index contributed by atoms with van der Waals surface area (Å²) in [6.07, 6.45) is 0.0965. The van der Waals surface area contributed by atoms with Crippen LogP contribution in [-0.2, 0) is 27.2 Å². The summed E-state index contributed by atoms with van der Waals surface area (Å²) in [5, 5.41) is 5.00. The SMILES string of the molecule is CC(=O)N[C@@H](Cc1ccc(F)cc1)C(=O)N[C@@H](Cc1cccc(F)c1)C(N)=O. The van der Waals surface area contributed by atoms with Crippen LogP contribution >= 0.6 is 0 Å². The standard InChI is InChI=1S/C20H21F2N3O3/c1-12(26)24-18(10-13-5-7-15(21)8-6-13)20(28)25-17(19(23)27)11-14-3-2-4-16(22)9-14/h2-9,17-18H,10-11H2,1H3,(H2,23,27)(H,24,26)(H,25,28)/t17-,18-/m0/s1. The first-order valence-electron chi connectivity index (χ1n) is 8.60. The second kappa shape index (κ2) is 9.59. The predicted molar refractivity (Wildman–Crippen MR) is 98.9 cm³/mol. The van der Waals surface area contributed by atoms with E-state index in [1.54, 1.807) is 6.07 Å². The second-order valence-corrected chi connectivity index (χ2v) is 6.38. The molecule has 28 heavy (non-hydrogen) atoms. The van der Waals surface area contributed by atoms with Gasteiger partial charge in [0.05, 0.1) is 0 Å². The molecule has 0 heterocycles. The van der Waals surface area contributed by atoms with Crippen LogP contribution in [0.1, 0.15) is 18.1 Å². The fourth-order valence-electron chi connectivity index (χ4n) is 2.71. The molecule has 2 aromatic rings. The molecule has 0 saturated carbocycles. The molecule has 0 spiro atoms. The third-order valence-electron chi connectivity index (χ3n) is 4.04. The molecule has 0 radical (unpaired) electrons. The predicted octanol–water partition coefficient (Wildman–Crippen LogP) is 1.22. The highest BCUT2D eigenvalue weighted by atomic mass is 19.1. The number of carbonyl (C=O) groups excluding carboxylic acids is 3. The molecule has 0 bridgehead atoms. The monoisotopic (exact) mass is 389 g/mol. The van der Waals surface area contributed by atoms with E-state index < -0.39 is 41.4 Å². The fourth-order valence-corrected chi connectivity index (χ4v) is 2.71. The number of hydrogen-bond donors (Lipinski definition) is 3. The van der Waals surface area contributed by atoms with Gasteiger partial charge in [-0.3, -0.25) is 14.4 Å². The van der Waals surface area contributed by atoms with E-state index in [2.05, 4.69) is 10.6 Å². The number of rotatable bonds is 8. The minimum Gasteiger partial charge on any atom is -0.368 e. The average Bonchev–Trinajstić information content (AvgIpc) is 2.62. The van der Waals surface area contributed by atoms with Crippen molar-refractivity contribution in [1.82, 2.24) is 10.6 Å². The maximum absolute atomic E-state index is 13.3. The van der Waals surface area contributed by atoms with E-state index in [0.29, 0.717) is 11.1 Å². The van der Waals surface area contributed by atoms with Crippen molar-refractivity contribution >= 4 is 17.7 Å². The van der Waals surface area contributed by atoms with E-state index in [-0.39, 0.29) is 12.8 Å². The lowest BCUT2D eigenvalue weighted by Crippen LogP contribution is -2.54. The van der Waals surface area contributed by atoms with Gasteiger partial charge in [0.2, 0.25) is 17.7 Å². The molecule has 0 fully saturated rings. The fraction of sp³-hybridized carbons (Fsp3) is 0.250. The maximum atomic E-state index is 13.3. The average molecular weight is 389 g/mol. The zero-order valence-electron chi connectivity index (χ0n) is 15.2. The molecule has 0 aliphatic rings. The highest BCUT2D eigenvalue weighted by molar-refractivity contribution is 5.91. The molecule has 2 atom stereocenters. The van der Waals surface area contributed by atoms with Crippen molar-refractivity contribution in [3.05, 3.63) is 71.3 Å². The number of primary amides is 1. The molecule has 4 N–H and O–H groups in total. The largest absolute Gasteiger partial charge is 0.368 e. The number of hydrogen-bond acceptors (Lipinski definition) is 3. The number of nitrogens with one attached hydrogen (secondary N) is 2. The maximum Gasteiger partial charge on any atom is 0.243 e. The Morgan fingerprint density at radius 3 is 2.11 bits per heavy atom. The molecule has 3 amide bonds. The molecule has 0 aliphatic heterocycles. The summed E-state index contributed by atoms with van der Waals surface area (Å²) >= 11 is 0. The summed E-state index contributed by atoms with van der Waals surface area (Å²) in [7, 11) is 0. The first kappa shape index (κ1) is 21.0. The summed E-state index contributed by atoms with van der Waals surface area (Å²) in [4.78, 5) is 35.9. The van der Waals surface area contributed by atoms with Gasteiger partial charge < -0.3 is 16.4 Å². The summed E-state index contributed by atoms with van der Waals surface area (Å²) in [6.45, 7) is 1.25. The van der Waals surface area contributed by atoms with E-state index in [1.165, 1.54) is 49.4 Å². The molecule has 2 rings (SSSR count). The van der Waals surface area contributed by atoms with Gasteiger partial charge in [0.15, 0.2) is 0 Å². The van der Waals surface area contributed by atoms with Crippen LogP contribution in [0.2, 0.25) is 0 Å². The Balaban J connectivity index is 2.12. The molecule has 2 aromatic carbocycles. The highest BCUT2D eigenvalue weighted by Crippen LogP contribution is 2.09. The van der Waals surface area contributed by atoms with Crippen LogP contribution in [0.15, 0.2) is 48.5 Å². The van der Waals surface area contributed by atoms with Crippen LogP contribution in [0.4, 0.5) is 8.78 Å². The summed E-state index contributed by atoms with van der Waals surface area (Å²) in [6, 6.07) is 9.00. The smallest absolute Gasteiger partial charge is 0.243 e. The van der Waals surface area contributed by atoms with Crippen LogP contribution in [0, 0.1) is 11.6 Å². The molecule has 0 saturated heterocycles. The molecular weight excluding hydrogens is 368 g/mol. The lowest BCUT2D eigenvalue weighted by Gasteiger charge is -2.22. The zero-order valence-corrected chi connectivity index (χ0v) is 15.2. The van der Waals surface area contributed by atoms with E-state index in [0.717, 1.165) is 0 Å². The minimum atomic E-state index is -1.08. The normalized spacial score (nSPS) is 12.7. The van der Waals surface area contributed by atoms with E-state index in [4.69, 9.17) is 5.73 Å². The number of benzene rings is 2. The van der Waals surface area contributed by atoms with Gasteiger partial charge in [-0.2, -0.15) is 0 Å². The number of nitrogens with two attached hydrogens (primary N) is 1. The van der Waals surface area contributed by atoms with Crippen LogP contribution < -0.4 is 16.4 Å². The quantitative estimate of drug-likeness (QED) is 0.633. The van der Waals surface area contributed by atoms with Gasteiger partial charge >= 0.3 is 0 Å². The summed E-state index contributed by atoms with van der Waals surface area (Å²) in [5.41, 5.74) is 6.47. The molecule has 6 nitrogen and oxygen atoms in total. The van der Waals surface area contributed by atoms with E-state index >= 15 is 0 Å². The van der Waals surface area contributed by atoms with Crippen LogP contribution in [-0.4, -0.2) is 29.8 Å². The summed E-state index contributed by atoms with van der Waals surface area (Å²) < 4.78 is 26.4. The topological polar surface area (TPSA) is 101 Å². The number of amides is 3. The zero-order chi connectivity index (χ0) is 20.7. The van der Waals surface area contributed by atoms with Crippen LogP contribution in [0.5, 0.6) is 0 Å². The Hall–Kier alpha value is -3.29. The van der Waals surface area contributed by atoms with E-state index in [9.17, 15) is 23.2 Å². The van der Waals surface area contributed by atoms with Crippen molar-refractivity contribution in [3.63, 3.8) is 0 Å². The van der Waals surface area contributed by atoms with Gasteiger partial charge in [-0.05, 0) is 35.4 Å². The molecular formula is C20H21F2N3O3. The van der Waals surface area contributed by atoms with Crippen molar-refractivity contribution in [1.29, 1.82) is 0 Å². The van der Waals surface area contributed by atoms with Gasteiger partial charge in [-0.1, -0.05) is 24.3 Å². The van der Waals surface area contributed by atoms with E-state index in [1.807, 2.05) is 0 Å². The Morgan fingerprint density at radius 1 is 0.893 bits per heavy atom. The van der Waals surface area contributed by atoms with Gasteiger partial charge in [0.1, 0.15) is 23.7 Å². The van der Waals surface area contributed by atoms with Crippen molar-refractivity contribution < 1.29 is 23.2 Å². The lowest BCUT2D eigenvalue weighted by atomic mass is 10.0. The van der Waals surface area contributed by atoms with Crippen molar-refractivity contribution in [2.45, 2.75) is 31.8 Å². The summed E-state index contributed by atoms with van der Waals surface area (Å²) in [5.74, 6) is -2.75. The van der Waals surface area contributed by atoms with Crippen molar-refractivity contribution in [2.24, 2.45) is 5.73 Å². The number of carbonyl (C=O) groups is 3. The Labute approximate surface area is 161 Å². The van der Waals surface area contributed by atoms with Crippen molar-refractivity contribution in [3.8, 4) is 0 Å². The molecule has 0 aromatic heterocycles. The van der Waals surface area contributed by atoms with Gasteiger partial charge in [0, 0.05) is 19.8 Å². The highest BCUT2D eigenvalue weighted by Gasteiger charge is 2.25. The van der Waals surface area contributed by atoms with Crippen molar-refractivity contribution in [2.75, 3.05) is 0 Å². The molecule has 0 unspecified atom stereocenters. The first-order chi connectivity index (χ1) is 13.2. The Kier molecular flexibility index (Phi) is 7.20. The lowest BCUT2D eigenvalue weighted by molar-refractivity contribution is -0.130. The van der Waals surface area contributed by atoms with Gasteiger partial charge in [-0.25, -0.2) is 8.78 Å². The second-order valence-electron chi connectivity index (χ2n) is 6.38. The number of halogens is 2. The molecule has 8 heteroatoms. The third-order valence-corrected chi connectivity index (χ3v) is 4.04. The molecule has 0 aliphatic carbocycles. The Morgan fingerprint density at radius 2 is 1.54 bits per heavy atom. The third kappa shape index (κ3) is 6.46. The van der Waals surface area contributed by atoms with Gasteiger partial charge in [0.25, 0.3) is 0 Å². The van der Waals surface area contributed by atoms with Gasteiger partial charge in [-0.15, -0.1) is 0 Å². The Bertz CT molecular complexity index is 856. The van der Waals surface area contributed by atoms with Crippen LogP contribution in [0.25, 0.3) is 0 Å². The van der Waals surface area contributed by atoms with Crippen LogP contribution in [0.3, 0.4) is 0 Å². The molecule has 148 valence electrons.